The van der Waals surface area contributed by atoms with Crippen LogP contribution in [0.2, 0.25) is 5.02 Å². The van der Waals surface area contributed by atoms with Crippen LogP contribution >= 0.6 is 11.6 Å². The summed E-state index contributed by atoms with van der Waals surface area (Å²) in [4.78, 5) is 25.8. The molecule has 0 fully saturated rings. The second kappa shape index (κ2) is 5.89. The molecule has 1 aliphatic rings. The van der Waals surface area contributed by atoms with Crippen molar-refractivity contribution < 1.29 is 14.3 Å². The van der Waals surface area contributed by atoms with Crippen LogP contribution in [0.15, 0.2) is 54.6 Å². The maximum Gasteiger partial charge on any atom is 0.196 e. The molecule has 128 valence electrons. The Morgan fingerprint density at radius 3 is 2.23 bits per heavy atom. The molecular formula is C20H13ClN2O3. The average molecular weight is 365 g/mol. The van der Waals surface area contributed by atoms with Gasteiger partial charge in [-0.3, -0.25) is 9.59 Å². The normalized spacial score (nSPS) is 12.5. The van der Waals surface area contributed by atoms with Crippen LogP contribution in [-0.4, -0.2) is 11.6 Å². The number of ether oxygens (including phenoxy) is 1. The Balaban J connectivity index is 1.90. The number of benzene rings is 3. The molecule has 0 radical (unpaired) electrons. The van der Waals surface area contributed by atoms with E-state index in [4.69, 9.17) is 27.8 Å². The van der Waals surface area contributed by atoms with Crippen LogP contribution in [0.3, 0.4) is 0 Å². The van der Waals surface area contributed by atoms with Gasteiger partial charge in [-0.05, 0) is 30.3 Å². The van der Waals surface area contributed by atoms with Gasteiger partial charge in [0.05, 0.1) is 16.8 Å². The highest BCUT2D eigenvalue weighted by atomic mass is 35.5. The first kappa shape index (κ1) is 16.2. The smallest absolute Gasteiger partial charge is 0.196 e. The minimum absolute atomic E-state index is 0.0655. The third kappa shape index (κ3) is 2.41. The molecule has 4 rings (SSSR count). The number of halogens is 1. The Hall–Kier alpha value is -3.31. The van der Waals surface area contributed by atoms with Gasteiger partial charge in [0.25, 0.3) is 0 Å². The van der Waals surface area contributed by atoms with E-state index in [9.17, 15) is 9.59 Å². The molecule has 0 aliphatic heterocycles. The van der Waals surface area contributed by atoms with Crippen molar-refractivity contribution in [1.29, 1.82) is 0 Å². The molecule has 26 heavy (non-hydrogen) atoms. The number of rotatable bonds is 2. The number of hydrogen-bond donors (Lipinski definition) is 2. The van der Waals surface area contributed by atoms with Gasteiger partial charge in [0.1, 0.15) is 5.75 Å². The Kier molecular flexibility index (Phi) is 3.67. The SMILES string of the molecule is Nc1cc(Oc2ccccc2)c(N)c2c1C(=O)c1cc(Cl)ccc1C2=O. The standard InChI is InChI=1S/C20H13ClN2O3/c21-10-6-7-12-13(8-10)20(25)16-14(22)9-15(18(23)17(16)19(12)24)26-11-4-2-1-3-5-11/h1-9H,22-23H2. The van der Waals surface area contributed by atoms with Crippen LogP contribution < -0.4 is 16.2 Å². The van der Waals surface area contributed by atoms with Crippen molar-refractivity contribution >= 4 is 34.5 Å². The zero-order valence-electron chi connectivity index (χ0n) is 13.5. The molecule has 0 unspecified atom stereocenters. The first-order valence-corrected chi connectivity index (χ1v) is 8.19. The fourth-order valence-corrected chi connectivity index (χ4v) is 3.22. The molecule has 0 saturated carbocycles. The summed E-state index contributed by atoms with van der Waals surface area (Å²) in [6, 6.07) is 15.0. The fourth-order valence-electron chi connectivity index (χ4n) is 3.05. The second-order valence-corrected chi connectivity index (χ2v) is 6.33. The van der Waals surface area contributed by atoms with Gasteiger partial charge >= 0.3 is 0 Å². The Labute approximate surface area is 154 Å². The number of fused-ring (bicyclic) bond motifs is 2. The summed E-state index contributed by atoms with van der Waals surface area (Å²) in [6.07, 6.45) is 0. The fraction of sp³-hybridized carbons (Fsp3) is 0. The number of nitrogen functional groups attached to an aromatic ring is 2. The highest BCUT2D eigenvalue weighted by Gasteiger charge is 2.34. The van der Waals surface area contributed by atoms with Crippen LogP contribution in [0.4, 0.5) is 11.4 Å². The van der Waals surface area contributed by atoms with Crippen LogP contribution in [0.25, 0.3) is 0 Å². The molecule has 3 aromatic carbocycles. The lowest BCUT2D eigenvalue weighted by Crippen LogP contribution is -2.24. The number of carbonyl (C=O) groups is 2. The van der Waals surface area contributed by atoms with E-state index in [1.807, 2.05) is 18.2 Å². The molecule has 0 amide bonds. The number of carbonyl (C=O) groups excluding carboxylic acids is 2. The Bertz CT molecular complexity index is 1080. The van der Waals surface area contributed by atoms with E-state index in [0.29, 0.717) is 10.8 Å². The largest absolute Gasteiger partial charge is 0.455 e. The van der Waals surface area contributed by atoms with Crippen LogP contribution in [0, 0.1) is 0 Å². The minimum Gasteiger partial charge on any atom is -0.455 e. The van der Waals surface area contributed by atoms with Gasteiger partial charge in [-0.2, -0.15) is 0 Å². The maximum atomic E-state index is 13.0. The summed E-state index contributed by atoms with van der Waals surface area (Å²) in [5, 5.41) is 0.365. The molecule has 6 heteroatoms. The van der Waals surface area contributed by atoms with E-state index in [0.717, 1.165) is 0 Å². The zero-order chi connectivity index (χ0) is 18.4. The lowest BCUT2D eigenvalue weighted by molar-refractivity contribution is 0.0980. The Morgan fingerprint density at radius 1 is 0.808 bits per heavy atom. The topological polar surface area (TPSA) is 95.4 Å². The van der Waals surface area contributed by atoms with Gasteiger partial charge in [0, 0.05) is 27.9 Å². The maximum absolute atomic E-state index is 13.0. The molecule has 3 aromatic rings. The van der Waals surface area contributed by atoms with Crippen LogP contribution in [0.5, 0.6) is 11.5 Å². The lowest BCUT2D eigenvalue weighted by atomic mass is 9.82. The molecule has 0 aromatic heterocycles. The summed E-state index contributed by atoms with van der Waals surface area (Å²) in [7, 11) is 0. The van der Waals surface area contributed by atoms with Crippen molar-refractivity contribution in [2.75, 3.05) is 11.5 Å². The zero-order valence-corrected chi connectivity index (χ0v) is 14.2. The Morgan fingerprint density at radius 2 is 1.50 bits per heavy atom. The van der Waals surface area contributed by atoms with Crippen molar-refractivity contribution in [3.8, 4) is 11.5 Å². The number of hydrogen-bond acceptors (Lipinski definition) is 5. The average Bonchev–Trinajstić information content (AvgIpc) is 2.63. The van der Waals surface area contributed by atoms with E-state index in [2.05, 4.69) is 0 Å². The number of anilines is 2. The first-order valence-electron chi connectivity index (χ1n) is 7.81. The quantitative estimate of drug-likeness (QED) is 0.523. The van der Waals surface area contributed by atoms with E-state index < -0.39 is 0 Å². The highest BCUT2D eigenvalue weighted by molar-refractivity contribution is 6.35. The monoisotopic (exact) mass is 364 g/mol. The highest BCUT2D eigenvalue weighted by Crippen LogP contribution is 2.41. The van der Waals surface area contributed by atoms with E-state index in [1.165, 1.54) is 18.2 Å². The summed E-state index contributed by atoms with van der Waals surface area (Å²) < 4.78 is 5.76. The number of ketones is 2. The van der Waals surface area contributed by atoms with Gasteiger partial charge < -0.3 is 16.2 Å². The van der Waals surface area contributed by atoms with Gasteiger partial charge in [-0.25, -0.2) is 0 Å². The van der Waals surface area contributed by atoms with Crippen LogP contribution in [-0.2, 0) is 0 Å². The summed E-state index contributed by atoms with van der Waals surface area (Å²) in [6.45, 7) is 0. The predicted octanol–water partition coefficient (Wildman–Crippen LogP) is 4.07. The molecule has 0 saturated heterocycles. The number of para-hydroxylation sites is 1. The van der Waals surface area contributed by atoms with E-state index in [1.54, 1.807) is 18.2 Å². The minimum atomic E-state index is -0.382. The molecular weight excluding hydrogens is 352 g/mol. The lowest BCUT2D eigenvalue weighted by Gasteiger charge is -2.22. The summed E-state index contributed by atoms with van der Waals surface area (Å²) >= 11 is 5.96. The predicted molar refractivity (Wildman–Crippen MR) is 100 cm³/mol. The van der Waals surface area contributed by atoms with Gasteiger partial charge in [-0.15, -0.1) is 0 Å². The van der Waals surface area contributed by atoms with Gasteiger partial charge in [0.2, 0.25) is 0 Å². The van der Waals surface area contributed by atoms with E-state index in [-0.39, 0.29) is 50.9 Å². The molecule has 0 spiro atoms. The van der Waals surface area contributed by atoms with Crippen molar-refractivity contribution in [1.82, 2.24) is 0 Å². The van der Waals surface area contributed by atoms with Gasteiger partial charge in [-0.1, -0.05) is 29.8 Å². The molecule has 0 bridgehead atoms. The molecule has 1 aliphatic carbocycles. The second-order valence-electron chi connectivity index (χ2n) is 5.89. The summed E-state index contributed by atoms with van der Waals surface area (Å²) in [5.41, 5.74) is 13.1. The van der Waals surface area contributed by atoms with E-state index >= 15 is 0 Å². The molecule has 0 heterocycles. The van der Waals surface area contributed by atoms with Gasteiger partial charge in [0.15, 0.2) is 17.3 Å². The van der Waals surface area contributed by atoms with Crippen molar-refractivity contribution in [2.24, 2.45) is 0 Å². The third-order valence-corrected chi connectivity index (χ3v) is 4.49. The third-order valence-electron chi connectivity index (χ3n) is 4.26. The van der Waals surface area contributed by atoms with Crippen LogP contribution in [0.1, 0.15) is 31.8 Å². The molecule has 4 N–H and O–H groups in total. The first-order chi connectivity index (χ1) is 12.5. The number of nitrogens with two attached hydrogens (primary N) is 2. The molecule has 5 nitrogen and oxygen atoms in total. The molecule has 0 atom stereocenters. The van der Waals surface area contributed by atoms with Crippen molar-refractivity contribution in [2.45, 2.75) is 0 Å². The van der Waals surface area contributed by atoms with Crippen molar-refractivity contribution in [3.05, 3.63) is 81.9 Å². The van der Waals surface area contributed by atoms with Crippen molar-refractivity contribution in [3.63, 3.8) is 0 Å². The summed E-state index contributed by atoms with van der Waals surface area (Å²) in [5.74, 6) is 0.00729.